The number of hydrogen-bond donors (Lipinski definition) is 1. The van der Waals surface area contributed by atoms with Crippen LogP contribution >= 0.6 is 23.2 Å². The molecule has 6 nitrogen and oxygen atoms in total. The largest absolute Gasteiger partial charge is 0.333 e. The number of hydrogen-bond acceptors (Lipinski definition) is 5. The Morgan fingerprint density at radius 2 is 2.10 bits per heavy atom. The highest BCUT2D eigenvalue weighted by Crippen LogP contribution is 2.28. The van der Waals surface area contributed by atoms with Gasteiger partial charge in [-0.2, -0.15) is 15.3 Å². The van der Waals surface area contributed by atoms with Gasteiger partial charge in [-0.15, -0.1) is 0 Å². The second-order valence-corrected chi connectivity index (χ2v) is 4.64. The van der Waals surface area contributed by atoms with Crippen molar-refractivity contribution in [2.45, 2.75) is 0 Å². The average molecular weight is 306 g/mol. The number of halogens is 2. The minimum absolute atomic E-state index is 0.205. The molecular formula is C12H5Cl2N5O. The molecule has 20 heavy (non-hydrogen) atoms. The highest BCUT2D eigenvalue weighted by atomic mass is 35.5. The number of benzene rings is 1. The van der Waals surface area contributed by atoms with E-state index in [2.05, 4.69) is 20.3 Å². The van der Waals surface area contributed by atoms with Gasteiger partial charge in [0, 0.05) is 5.56 Å². The molecule has 3 rings (SSSR count). The summed E-state index contributed by atoms with van der Waals surface area (Å²) >= 11 is 11.8. The van der Waals surface area contributed by atoms with E-state index in [1.807, 2.05) is 6.07 Å². The van der Waals surface area contributed by atoms with E-state index in [4.69, 9.17) is 33.0 Å². The van der Waals surface area contributed by atoms with E-state index in [0.717, 1.165) is 0 Å². The van der Waals surface area contributed by atoms with E-state index in [0.29, 0.717) is 27.0 Å². The fourth-order valence-corrected chi connectivity index (χ4v) is 1.92. The normalized spacial score (nSPS) is 10.4. The van der Waals surface area contributed by atoms with Crippen molar-refractivity contribution < 1.29 is 4.52 Å². The van der Waals surface area contributed by atoms with Gasteiger partial charge in [0.05, 0.1) is 21.8 Å². The Balaban J connectivity index is 2.02. The molecule has 0 atom stereocenters. The number of rotatable bonds is 2. The van der Waals surface area contributed by atoms with E-state index in [-0.39, 0.29) is 11.6 Å². The molecule has 0 spiro atoms. The number of aromatic amines is 1. The van der Waals surface area contributed by atoms with Crippen LogP contribution < -0.4 is 0 Å². The molecule has 0 unspecified atom stereocenters. The zero-order valence-corrected chi connectivity index (χ0v) is 11.3. The molecule has 2 heterocycles. The molecular weight excluding hydrogens is 301 g/mol. The van der Waals surface area contributed by atoms with Gasteiger partial charge in [-0.3, -0.25) is 5.10 Å². The molecule has 8 heteroatoms. The van der Waals surface area contributed by atoms with Crippen molar-refractivity contribution in [1.29, 1.82) is 5.26 Å². The van der Waals surface area contributed by atoms with Gasteiger partial charge < -0.3 is 4.52 Å². The fourth-order valence-electron chi connectivity index (χ4n) is 1.62. The van der Waals surface area contributed by atoms with Crippen LogP contribution in [0, 0.1) is 11.3 Å². The summed E-state index contributed by atoms with van der Waals surface area (Å²) in [6.07, 6.45) is 1.45. The van der Waals surface area contributed by atoms with Crippen LogP contribution in [0.3, 0.4) is 0 Å². The summed E-state index contributed by atoms with van der Waals surface area (Å²) in [6.45, 7) is 0. The van der Waals surface area contributed by atoms with Crippen LogP contribution in [0.2, 0.25) is 10.0 Å². The molecule has 0 amide bonds. The molecule has 98 valence electrons. The van der Waals surface area contributed by atoms with E-state index in [1.54, 1.807) is 18.2 Å². The summed E-state index contributed by atoms with van der Waals surface area (Å²) in [4.78, 5) is 4.21. The molecule has 1 aromatic carbocycles. The maximum Gasteiger partial charge on any atom is 0.262 e. The monoisotopic (exact) mass is 305 g/mol. The van der Waals surface area contributed by atoms with Crippen molar-refractivity contribution in [2.75, 3.05) is 0 Å². The SMILES string of the molecule is N#Cc1[nH]ncc1-c1nc(-c2ccc(Cl)c(Cl)c2)no1. The van der Waals surface area contributed by atoms with Crippen LogP contribution in [0.1, 0.15) is 5.69 Å². The Hall–Kier alpha value is -2.36. The van der Waals surface area contributed by atoms with E-state index in [9.17, 15) is 0 Å². The molecule has 3 aromatic rings. The van der Waals surface area contributed by atoms with Crippen molar-refractivity contribution in [3.05, 3.63) is 40.1 Å². The van der Waals surface area contributed by atoms with Gasteiger partial charge in [0.1, 0.15) is 11.8 Å². The topological polar surface area (TPSA) is 91.4 Å². The lowest BCUT2D eigenvalue weighted by atomic mass is 10.2. The molecule has 0 aliphatic rings. The second-order valence-electron chi connectivity index (χ2n) is 3.82. The third-order valence-electron chi connectivity index (χ3n) is 2.59. The summed E-state index contributed by atoms with van der Waals surface area (Å²) in [6, 6.07) is 6.97. The van der Waals surface area contributed by atoms with Crippen LogP contribution in [-0.2, 0) is 0 Å². The minimum Gasteiger partial charge on any atom is -0.333 e. The van der Waals surface area contributed by atoms with Crippen molar-refractivity contribution in [1.82, 2.24) is 20.3 Å². The van der Waals surface area contributed by atoms with E-state index < -0.39 is 0 Å². The summed E-state index contributed by atoms with van der Waals surface area (Å²) in [5.41, 5.74) is 1.37. The number of H-pyrrole nitrogens is 1. The standard InChI is InChI=1S/C12H5Cl2N5O/c13-8-2-1-6(3-9(8)14)11-17-12(20-19-11)7-5-16-18-10(7)4-15/h1-3,5H,(H,16,18). The first-order valence-electron chi connectivity index (χ1n) is 5.42. The predicted octanol–water partition coefficient (Wildman–Crippen LogP) is 3.31. The predicted molar refractivity (Wildman–Crippen MR) is 72.1 cm³/mol. The van der Waals surface area contributed by atoms with Gasteiger partial charge in [0.25, 0.3) is 5.89 Å². The van der Waals surface area contributed by atoms with Crippen LogP contribution in [0.5, 0.6) is 0 Å². The van der Waals surface area contributed by atoms with Gasteiger partial charge >= 0.3 is 0 Å². The Morgan fingerprint density at radius 3 is 2.85 bits per heavy atom. The highest BCUT2D eigenvalue weighted by molar-refractivity contribution is 6.42. The minimum atomic E-state index is 0.205. The maximum absolute atomic E-state index is 8.92. The first-order valence-corrected chi connectivity index (χ1v) is 6.17. The Labute approximate surface area is 122 Å². The zero-order chi connectivity index (χ0) is 14.1. The van der Waals surface area contributed by atoms with Crippen LogP contribution in [0.4, 0.5) is 0 Å². The highest BCUT2D eigenvalue weighted by Gasteiger charge is 2.16. The summed E-state index contributed by atoms with van der Waals surface area (Å²) in [5, 5.41) is 19.9. The van der Waals surface area contributed by atoms with Gasteiger partial charge in [-0.25, -0.2) is 0 Å². The Kier molecular flexibility index (Phi) is 3.14. The molecule has 2 aromatic heterocycles. The van der Waals surface area contributed by atoms with Gasteiger partial charge in [-0.1, -0.05) is 28.4 Å². The van der Waals surface area contributed by atoms with E-state index in [1.165, 1.54) is 6.20 Å². The van der Waals surface area contributed by atoms with Crippen molar-refractivity contribution in [3.63, 3.8) is 0 Å². The number of nitrogens with zero attached hydrogens (tertiary/aromatic N) is 4. The molecule has 0 fully saturated rings. The van der Waals surface area contributed by atoms with Crippen molar-refractivity contribution in [2.24, 2.45) is 0 Å². The van der Waals surface area contributed by atoms with Crippen LogP contribution in [-0.4, -0.2) is 20.3 Å². The summed E-state index contributed by atoms with van der Waals surface area (Å²) in [7, 11) is 0. The van der Waals surface area contributed by atoms with E-state index >= 15 is 0 Å². The average Bonchev–Trinajstić information content (AvgIpc) is 3.09. The molecule has 0 saturated heterocycles. The van der Waals surface area contributed by atoms with Crippen LogP contribution in [0.25, 0.3) is 22.8 Å². The molecule has 0 aliphatic carbocycles. The smallest absolute Gasteiger partial charge is 0.262 e. The van der Waals surface area contributed by atoms with Gasteiger partial charge in [0.2, 0.25) is 5.82 Å². The molecule has 0 aliphatic heterocycles. The molecule has 0 saturated carbocycles. The first-order chi connectivity index (χ1) is 9.69. The molecule has 1 N–H and O–H groups in total. The number of aromatic nitrogens is 4. The Bertz CT molecular complexity index is 817. The quantitative estimate of drug-likeness (QED) is 0.784. The third-order valence-corrected chi connectivity index (χ3v) is 3.32. The third kappa shape index (κ3) is 2.13. The van der Waals surface area contributed by atoms with Crippen molar-refractivity contribution in [3.8, 4) is 28.9 Å². The molecule has 0 bridgehead atoms. The lowest BCUT2D eigenvalue weighted by Gasteiger charge is -1.97. The lowest BCUT2D eigenvalue weighted by molar-refractivity contribution is 0.432. The summed E-state index contributed by atoms with van der Waals surface area (Å²) < 4.78 is 5.13. The fraction of sp³-hybridized carbons (Fsp3) is 0. The van der Waals surface area contributed by atoms with Gasteiger partial charge in [-0.05, 0) is 18.2 Å². The maximum atomic E-state index is 8.92. The summed E-state index contributed by atoms with van der Waals surface area (Å²) in [5.74, 6) is 0.556. The first kappa shape index (κ1) is 12.7. The second kappa shape index (κ2) is 4.96. The van der Waals surface area contributed by atoms with Crippen molar-refractivity contribution >= 4 is 23.2 Å². The Morgan fingerprint density at radius 1 is 1.25 bits per heavy atom. The lowest BCUT2D eigenvalue weighted by Crippen LogP contribution is -1.83. The zero-order valence-electron chi connectivity index (χ0n) is 9.76. The number of nitrogens with one attached hydrogen (secondary N) is 1. The van der Waals surface area contributed by atoms with Gasteiger partial charge in [0.15, 0.2) is 0 Å². The molecule has 0 radical (unpaired) electrons. The number of nitriles is 1. The van der Waals surface area contributed by atoms with Crippen LogP contribution in [0.15, 0.2) is 28.9 Å².